The summed E-state index contributed by atoms with van der Waals surface area (Å²) < 4.78 is 10.6. The molecule has 0 aliphatic carbocycles. The van der Waals surface area contributed by atoms with Crippen molar-refractivity contribution in [2.75, 3.05) is 27.0 Å². The van der Waals surface area contributed by atoms with E-state index in [0.29, 0.717) is 22.3 Å². The molecule has 5 nitrogen and oxygen atoms in total. The highest BCUT2D eigenvalue weighted by molar-refractivity contribution is 6.32. The molecule has 0 radical (unpaired) electrons. The van der Waals surface area contributed by atoms with E-state index >= 15 is 0 Å². The van der Waals surface area contributed by atoms with E-state index in [0.717, 1.165) is 11.1 Å². The van der Waals surface area contributed by atoms with Gasteiger partial charge in [-0.2, -0.15) is 0 Å². The second-order valence-corrected chi connectivity index (χ2v) is 4.84. The van der Waals surface area contributed by atoms with Crippen molar-refractivity contribution in [2.24, 2.45) is 0 Å². The van der Waals surface area contributed by atoms with Crippen LogP contribution in [-0.4, -0.2) is 26.3 Å². The molecular formula is C15H18ClN3O2. The number of benzene rings is 1. The van der Waals surface area contributed by atoms with Gasteiger partial charge < -0.3 is 20.5 Å². The third kappa shape index (κ3) is 3.04. The van der Waals surface area contributed by atoms with Gasteiger partial charge in [-0.25, -0.2) is 4.98 Å². The first-order valence-corrected chi connectivity index (χ1v) is 6.79. The van der Waals surface area contributed by atoms with Crippen molar-refractivity contribution in [3.05, 3.63) is 46.6 Å². The zero-order valence-corrected chi connectivity index (χ0v) is 12.9. The van der Waals surface area contributed by atoms with E-state index in [-0.39, 0.29) is 6.04 Å². The quantitative estimate of drug-likeness (QED) is 0.888. The minimum Gasteiger partial charge on any atom is -0.493 e. The van der Waals surface area contributed by atoms with Crippen molar-refractivity contribution in [2.45, 2.75) is 6.04 Å². The largest absolute Gasteiger partial charge is 0.493 e. The van der Waals surface area contributed by atoms with Crippen molar-refractivity contribution >= 4 is 17.4 Å². The number of ether oxygens (including phenoxy) is 2. The minimum atomic E-state index is -0.143. The Balaban J connectivity index is 2.53. The lowest BCUT2D eigenvalue weighted by atomic mass is 9.99. The lowest BCUT2D eigenvalue weighted by Crippen LogP contribution is -2.19. The fourth-order valence-electron chi connectivity index (χ4n) is 2.28. The van der Waals surface area contributed by atoms with Crippen molar-refractivity contribution in [3.8, 4) is 11.5 Å². The summed E-state index contributed by atoms with van der Waals surface area (Å²) in [6, 6.07) is 7.33. The summed E-state index contributed by atoms with van der Waals surface area (Å²) in [7, 11) is 4.98. The Kier molecular flexibility index (Phi) is 4.88. The summed E-state index contributed by atoms with van der Waals surface area (Å²) in [5.74, 6) is 1.56. The molecule has 0 aliphatic heterocycles. The van der Waals surface area contributed by atoms with Gasteiger partial charge in [0.1, 0.15) is 5.82 Å². The van der Waals surface area contributed by atoms with Gasteiger partial charge in [-0.1, -0.05) is 17.7 Å². The number of aromatic nitrogens is 1. The topological polar surface area (TPSA) is 69.4 Å². The van der Waals surface area contributed by atoms with E-state index in [2.05, 4.69) is 10.3 Å². The fourth-order valence-corrected chi connectivity index (χ4v) is 2.58. The molecule has 0 amide bonds. The van der Waals surface area contributed by atoms with Gasteiger partial charge >= 0.3 is 0 Å². The molecule has 0 saturated carbocycles. The van der Waals surface area contributed by atoms with Crippen LogP contribution in [0.3, 0.4) is 0 Å². The lowest BCUT2D eigenvalue weighted by Gasteiger charge is -2.20. The van der Waals surface area contributed by atoms with Crippen molar-refractivity contribution in [1.29, 1.82) is 0 Å². The SMILES string of the molecule is CNC(c1cc(Cl)c(OC)c(OC)c1)c1cccnc1N. The number of pyridine rings is 1. The molecule has 1 unspecified atom stereocenters. The van der Waals surface area contributed by atoms with Crippen molar-refractivity contribution < 1.29 is 9.47 Å². The van der Waals surface area contributed by atoms with Crippen LogP contribution in [0.2, 0.25) is 5.02 Å². The van der Waals surface area contributed by atoms with Crippen LogP contribution < -0.4 is 20.5 Å². The van der Waals surface area contributed by atoms with Gasteiger partial charge in [0.25, 0.3) is 0 Å². The molecule has 1 heterocycles. The Morgan fingerprint density at radius 3 is 2.62 bits per heavy atom. The van der Waals surface area contributed by atoms with Gasteiger partial charge in [0, 0.05) is 11.8 Å². The number of anilines is 1. The number of nitrogens with two attached hydrogens (primary N) is 1. The van der Waals surface area contributed by atoms with Crippen LogP contribution in [0.25, 0.3) is 0 Å². The van der Waals surface area contributed by atoms with Crippen molar-refractivity contribution in [3.63, 3.8) is 0 Å². The predicted octanol–water partition coefficient (Wildman–Crippen LogP) is 2.64. The highest BCUT2D eigenvalue weighted by atomic mass is 35.5. The Hall–Kier alpha value is -1.98. The monoisotopic (exact) mass is 307 g/mol. The molecule has 2 aromatic rings. The molecule has 0 saturated heterocycles. The summed E-state index contributed by atoms with van der Waals surface area (Å²) in [5, 5.41) is 3.70. The van der Waals surface area contributed by atoms with E-state index in [1.165, 1.54) is 0 Å². The number of nitrogens with zero attached hydrogens (tertiary/aromatic N) is 1. The van der Waals surface area contributed by atoms with E-state index in [1.807, 2.05) is 31.3 Å². The first-order valence-electron chi connectivity index (χ1n) is 6.41. The standard InChI is InChI=1S/C15H18ClN3O2/c1-18-13(10-5-4-6-19-15(10)17)9-7-11(16)14(21-3)12(8-9)20-2/h4-8,13,18H,1-3H3,(H2,17,19). The van der Waals surface area contributed by atoms with Gasteiger partial charge in [-0.3, -0.25) is 0 Å². The maximum Gasteiger partial charge on any atom is 0.179 e. The summed E-state index contributed by atoms with van der Waals surface area (Å²) in [6.45, 7) is 0. The highest BCUT2D eigenvalue weighted by Crippen LogP contribution is 2.39. The first kappa shape index (κ1) is 15.4. The molecule has 1 aromatic carbocycles. The number of nitrogen functional groups attached to an aromatic ring is 1. The van der Waals surface area contributed by atoms with E-state index in [1.54, 1.807) is 20.4 Å². The zero-order valence-electron chi connectivity index (χ0n) is 12.2. The summed E-state index contributed by atoms with van der Waals surface area (Å²) in [4.78, 5) is 4.12. The van der Waals surface area contributed by atoms with E-state index < -0.39 is 0 Å². The average Bonchev–Trinajstić information content (AvgIpc) is 2.49. The molecule has 21 heavy (non-hydrogen) atoms. The van der Waals surface area contributed by atoms with Crippen LogP contribution >= 0.6 is 11.6 Å². The van der Waals surface area contributed by atoms with Crippen LogP contribution in [0.1, 0.15) is 17.2 Å². The molecular weight excluding hydrogens is 290 g/mol. The van der Waals surface area contributed by atoms with E-state index in [4.69, 9.17) is 26.8 Å². The van der Waals surface area contributed by atoms with Crippen LogP contribution in [0.5, 0.6) is 11.5 Å². The first-order chi connectivity index (χ1) is 10.1. The Morgan fingerprint density at radius 2 is 2.05 bits per heavy atom. The van der Waals surface area contributed by atoms with Crippen LogP contribution in [0.4, 0.5) is 5.82 Å². The normalized spacial score (nSPS) is 12.0. The molecule has 0 fully saturated rings. The molecule has 0 aliphatic rings. The molecule has 1 atom stereocenters. The van der Waals surface area contributed by atoms with Crippen LogP contribution in [0.15, 0.2) is 30.5 Å². The Morgan fingerprint density at radius 1 is 1.29 bits per heavy atom. The Bertz CT molecular complexity index is 634. The van der Waals surface area contributed by atoms with Crippen LogP contribution in [-0.2, 0) is 0 Å². The molecule has 6 heteroatoms. The molecule has 1 aromatic heterocycles. The Labute approximate surface area is 129 Å². The lowest BCUT2D eigenvalue weighted by molar-refractivity contribution is 0.354. The number of hydrogen-bond donors (Lipinski definition) is 2. The second-order valence-electron chi connectivity index (χ2n) is 4.44. The maximum absolute atomic E-state index is 6.26. The number of hydrogen-bond acceptors (Lipinski definition) is 5. The predicted molar refractivity (Wildman–Crippen MR) is 84.1 cm³/mol. The average molecular weight is 308 g/mol. The molecule has 112 valence electrons. The summed E-state index contributed by atoms with van der Waals surface area (Å²) in [5.41, 5.74) is 7.75. The summed E-state index contributed by atoms with van der Waals surface area (Å²) >= 11 is 6.26. The van der Waals surface area contributed by atoms with Crippen molar-refractivity contribution in [1.82, 2.24) is 10.3 Å². The number of nitrogens with one attached hydrogen (secondary N) is 1. The van der Waals surface area contributed by atoms with E-state index in [9.17, 15) is 0 Å². The van der Waals surface area contributed by atoms with Gasteiger partial charge in [0.2, 0.25) is 0 Å². The zero-order chi connectivity index (χ0) is 15.4. The molecule has 0 bridgehead atoms. The number of methoxy groups -OCH3 is 2. The highest BCUT2D eigenvalue weighted by Gasteiger charge is 2.19. The third-order valence-corrected chi connectivity index (χ3v) is 3.54. The number of halogens is 1. The summed E-state index contributed by atoms with van der Waals surface area (Å²) in [6.07, 6.45) is 1.66. The fraction of sp³-hybridized carbons (Fsp3) is 0.267. The molecule has 2 rings (SSSR count). The number of rotatable bonds is 5. The van der Waals surface area contributed by atoms with Gasteiger partial charge in [0.15, 0.2) is 11.5 Å². The minimum absolute atomic E-state index is 0.143. The maximum atomic E-state index is 6.26. The second kappa shape index (κ2) is 6.65. The molecule has 0 spiro atoms. The van der Waals surface area contributed by atoms with Gasteiger partial charge in [-0.05, 0) is 30.8 Å². The third-order valence-electron chi connectivity index (χ3n) is 3.26. The van der Waals surface area contributed by atoms with Gasteiger partial charge in [0.05, 0.1) is 25.3 Å². The molecule has 3 N–H and O–H groups in total. The smallest absolute Gasteiger partial charge is 0.179 e. The van der Waals surface area contributed by atoms with Gasteiger partial charge in [-0.15, -0.1) is 0 Å². The van der Waals surface area contributed by atoms with Crippen LogP contribution in [0, 0.1) is 0 Å².